The summed E-state index contributed by atoms with van der Waals surface area (Å²) in [4.78, 5) is 36.3. The Hall–Kier alpha value is -4.29. The maximum atomic E-state index is 13.5. The lowest BCUT2D eigenvalue weighted by molar-refractivity contribution is -0.384. The Labute approximate surface area is 219 Å². The first kappa shape index (κ1) is 26.8. The average molecular weight is 539 g/mol. The molecule has 4 rings (SSSR count). The predicted octanol–water partition coefficient (Wildman–Crippen LogP) is 3.34. The highest BCUT2D eigenvalue weighted by Crippen LogP contribution is 2.26. The van der Waals surface area contributed by atoms with Crippen LogP contribution in [0, 0.1) is 10.1 Å². The van der Waals surface area contributed by atoms with E-state index in [4.69, 9.17) is 4.74 Å². The van der Waals surface area contributed by atoms with Gasteiger partial charge in [0.25, 0.3) is 21.6 Å². The van der Waals surface area contributed by atoms with E-state index in [0.717, 1.165) is 29.3 Å². The smallest absolute Gasteiger partial charge is 0.269 e. The molecule has 12 heteroatoms. The number of hydrogen-bond acceptors (Lipinski definition) is 7. The number of carbonyl (C=O) groups excluding carboxylic acids is 2. The number of hydrogen-bond donors (Lipinski definition) is 2. The third-order valence-corrected chi connectivity index (χ3v) is 7.72. The number of non-ortho nitro benzene ring substituents is 1. The average Bonchev–Trinajstić information content (AvgIpc) is 3.45. The van der Waals surface area contributed by atoms with E-state index in [0.29, 0.717) is 13.2 Å². The number of nitro groups is 1. The van der Waals surface area contributed by atoms with Gasteiger partial charge in [0.1, 0.15) is 6.54 Å². The first-order chi connectivity index (χ1) is 18.3. The zero-order chi connectivity index (χ0) is 27.1. The lowest BCUT2D eigenvalue weighted by Crippen LogP contribution is -2.38. The highest BCUT2D eigenvalue weighted by Gasteiger charge is 2.28. The SMILES string of the molecule is O=C(CN(c1ccc([N+](=O)[O-])cc1)S(=O)(=O)c1ccccc1)Nc1ccccc1C(=O)NC[C@H]1CCCO1. The van der Waals surface area contributed by atoms with E-state index in [1.807, 2.05) is 0 Å². The number of sulfonamides is 1. The molecule has 38 heavy (non-hydrogen) atoms. The van der Waals surface area contributed by atoms with Crippen molar-refractivity contribution in [2.75, 3.05) is 29.3 Å². The summed E-state index contributed by atoms with van der Waals surface area (Å²) in [6, 6.07) is 18.8. The molecule has 0 aliphatic carbocycles. The Balaban J connectivity index is 1.56. The fraction of sp³-hybridized carbons (Fsp3) is 0.231. The summed E-state index contributed by atoms with van der Waals surface area (Å²) in [5, 5.41) is 16.5. The third-order valence-electron chi connectivity index (χ3n) is 5.93. The molecule has 1 saturated heterocycles. The normalized spacial score (nSPS) is 15.0. The first-order valence-corrected chi connectivity index (χ1v) is 13.3. The number of nitrogens with one attached hydrogen (secondary N) is 2. The molecule has 0 spiro atoms. The van der Waals surface area contributed by atoms with Crippen LogP contribution in [0.5, 0.6) is 0 Å². The van der Waals surface area contributed by atoms with E-state index < -0.39 is 33.3 Å². The van der Waals surface area contributed by atoms with Gasteiger partial charge in [0.15, 0.2) is 0 Å². The molecule has 0 aromatic heterocycles. The number of nitrogens with zero attached hydrogens (tertiary/aromatic N) is 2. The van der Waals surface area contributed by atoms with Gasteiger partial charge in [-0.1, -0.05) is 30.3 Å². The van der Waals surface area contributed by atoms with Gasteiger partial charge in [-0.05, 0) is 49.2 Å². The lowest BCUT2D eigenvalue weighted by Gasteiger charge is -2.24. The second-order valence-electron chi connectivity index (χ2n) is 8.54. The van der Waals surface area contributed by atoms with E-state index in [1.165, 1.54) is 24.3 Å². The number of nitro benzene ring substituents is 1. The summed E-state index contributed by atoms with van der Waals surface area (Å²) in [5.41, 5.74) is 0.269. The quantitative estimate of drug-likeness (QED) is 0.297. The van der Waals surface area contributed by atoms with Gasteiger partial charge in [-0.2, -0.15) is 0 Å². The van der Waals surface area contributed by atoms with Crippen LogP contribution in [0.1, 0.15) is 23.2 Å². The summed E-state index contributed by atoms with van der Waals surface area (Å²) in [6.07, 6.45) is 1.73. The fourth-order valence-corrected chi connectivity index (χ4v) is 5.43. The molecule has 1 atom stereocenters. The molecule has 1 heterocycles. The Bertz CT molecular complexity index is 1410. The van der Waals surface area contributed by atoms with Crippen LogP contribution in [0.25, 0.3) is 0 Å². The molecule has 2 N–H and O–H groups in total. The van der Waals surface area contributed by atoms with Crippen LogP contribution in [0.3, 0.4) is 0 Å². The van der Waals surface area contributed by atoms with Crippen LogP contribution in [0.2, 0.25) is 0 Å². The Kier molecular flexibility index (Phi) is 8.34. The van der Waals surface area contributed by atoms with Crippen LogP contribution in [0.15, 0.2) is 83.8 Å². The van der Waals surface area contributed by atoms with Gasteiger partial charge in [0.2, 0.25) is 5.91 Å². The van der Waals surface area contributed by atoms with Crippen LogP contribution < -0.4 is 14.9 Å². The second kappa shape index (κ2) is 11.8. The van der Waals surface area contributed by atoms with Crippen LogP contribution >= 0.6 is 0 Å². The maximum Gasteiger partial charge on any atom is 0.269 e. The Morgan fingerprint density at radius 3 is 2.34 bits per heavy atom. The molecule has 3 aromatic carbocycles. The molecule has 0 bridgehead atoms. The summed E-state index contributed by atoms with van der Waals surface area (Å²) in [5.74, 6) is -1.11. The number of ether oxygens (including phenoxy) is 1. The zero-order valence-corrected chi connectivity index (χ0v) is 21.1. The van der Waals surface area contributed by atoms with Crippen molar-refractivity contribution in [2.45, 2.75) is 23.8 Å². The number of rotatable bonds is 10. The van der Waals surface area contributed by atoms with Gasteiger partial charge in [0, 0.05) is 25.3 Å². The van der Waals surface area contributed by atoms with E-state index in [-0.39, 0.29) is 33.6 Å². The molecule has 3 aromatic rings. The Morgan fingerprint density at radius 1 is 1.00 bits per heavy atom. The van der Waals surface area contributed by atoms with E-state index in [9.17, 15) is 28.1 Å². The molecule has 0 radical (unpaired) electrons. The molecular formula is C26H26N4O7S. The molecule has 1 fully saturated rings. The highest BCUT2D eigenvalue weighted by atomic mass is 32.2. The van der Waals surface area contributed by atoms with Gasteiger partial charge in [0.05, 0.1) is 32.9 Å². The van der Waals surface area contributed by atoms with Gasteiger partial charge < -0.3 is 15.4 Å². The summed E-state index contributed by atoms with van der Waals surface area (Å²) >= 11 is 0. The third kappa shape index (κ3) is 6.33. The number of carbonyl (C=O) groups is 2. The molecule has 1 aliphatic rings. The second-order valence-corrected chi connectivity index (χ2v) is 10.4. The molecule has 1 aliphatic heterocycles. The largest absolute Gasteiger partial charge is 0.376 e. The van der Waals surface area contributed by atoms with E-state index >= 15 is 0 Å². The predicted molar refractivity (Wildman–Crippen MR) is 140 cm³/mol. The minimum absolute atomic E-state index is 0.0555. The van der Waals surface area contributed by atoms with Crippen molar-refractivity contribution >= 4 is 38.9 Å². The molecule has 2 amide bonds. The van der Waals surface area contributed by atoms with E-state index in [2.05, 4.69) is 10.6 Å². The zero-order valence-electron chi connectivity index (χ0n) is 20.3. The monoisotopic (exact) mass is 538 g/mol. The molecular weight excluding hydrogens is 512 g/mol. The molecule has 11 nitrogen and oxygen atoms in total. The summed E-state index contributed by atoms with van der Waals surface area (Å²) in [6.45, 7) is 0.357. The number of benzene rings is 3. The highest BCUT2D eigenvalue weighted by molar-refractivity contribution is 7.92. The lowest BCUT2D eigenvalue weighted by atomic mass is 10.1. The standard InChI is InChI=1S/C26H26N4O7S/c31-25(28-24-11-5-4-10-23(24)26(32)27-17-21-7-6-16-37-21)18-29(19-12-14-20(15-13-19)30(33)34)38(35,36)22-8-2-1-3-9-22/h1-5,8-15,21H,6-7,16-18H2,(H,27,32)(H,28,31)/t21-/m1/s1. The van der Waals surface area contributed by atoms with Crippen LogP contribution in [0.4, 0.5) is 17.1 Å². The number of amides is 2. The van der Waals surface area contributed by atoms with Gasteiger partial charge in [-0.25, -0.2) is 8.42 Å². The fourth-order valence-electron chi connectivity index (χ4n) is 3.99. The van der Waals surface area contributed by atoms with Crippen LogP contribution in [-0.4, -0.2) is 51.0 Å². The number of anilines is 2. The van der Waals surface area contributed by atoms with Crippen molar-refractivity contribution in [1.29, 1.82) is 0 Å². The molecule has 0 unspecified atom stereocenters. The summed E-state index contributed by atoms with van der Waals surface area (Å²) in [7, 11) is -4.21. The van der Waals surface area contributed by atoms with Gasteiger partial charge >= 0.3 is 0 Å². The van der Waals surface area contributed by atoms with Crippen molar-refractivity contribution in [2.24, 2.45) is 0 Å². The summed E-state index contributed by atoms with van der Waals surface area (Å²) < 4.78 is 33.3. The van der Waals surface area contributed by atoms with Crippen molar-refractivity contribution in [3.05, 3.63) is 94.5 Å². The topological polar surface area (TPSA) is 148 Å². The van der Waals surface area contributed by atoms with Crippen molar-refractivity contribution < 1.29 is 27.7 Å². The minimum Gasteiger partial charge on any atom is -0.376 e. The first-order valence-electron chi connectivity index (χ1n) is 11.9. The van der Waals surface area contributed by atoms with Gasteiger partial charge in [-0.3, -0.25) is 24.0 Å². The minimum atomic E-state index is -4.21. The Morgan fingerprint density at radius 2 is 1.68 bits per heavy atom. The van der Waals surface area contributed by atoms with Gasteiger partial charge in [-0.15, -0.1) is 0 Å². The molecule has 0 saturated carbocycles. The van der Waals surface area contributed by atoms with E-state index in [1.54, 1.807) is 42.5 Å². The van der Waals surface area contributed by atoms with Crippen molar-refractivity contribution in [1.82, 2.24) is 5.32 Å². The molecule has 198 valence electrons. The van der Waals surface area contributed by atoms with Crippen LogP contribution in [-0.2, 0) is 19.6 Å². The number of para-hydroxylation sites is 1. The van der Waals surface area contributed by atoms with Crippen molar-refractivity contribution in [3.8, 4) is 0 Å². The van der Waals surface area contributed by atoms with Crippen molar-refractivity contribution in [3.63, 3.8) is 0 Å². The maximum absolute atomic E-state index is 13.5.